The zero-order valence-electron chi connectivity index (χ0n) is 18.7. The SMILES string of the molecule is CCN(C)C(=O)CCN(CC(C)C)C(=O)c1cc(-c2c(C)cc(C)cc2C)on1. The third kappa shape index (κ3) is 5.68. The van der Waals surface area contributed by atoms with E-state index in [2.05, 4.69) is 24.2 Å². The fourth-order valence-corrected chi connectivity index (χ4v) is 3.54. The second-order valence-corrected chi connectivity index (χ2v) is 8.15. The molecule has 29 heavy (non-hydrogen) atoms. The average Bonchev–Trinajstić information content (AvgIpc) is 3.11. The van der Waals surface area contributed by atoms with E-state index in [0.29, 0.717) is 31.8 Å². The van der Waals surface area contributed by atoms with Gasteiger partial charge in [-0.15, -0.1) is 0 Å². The third-order valence-corrected chi connectivity index (χ3v) is 5.02. The summed E-state index contributed by atoms with van der Waals surface area (Å²) in [5.74, 6) is 0.699. The number of aryl methyl sites for hydroxylation is 3. The lowest BCUT2D eigenvalue weighted by atomic mass is 9.98. The van der Waals surface area contributed by atoms with Crippen LogP contribution in [0.2, 0.25) is 0 Å². The molecule has 0 fully saturated rings. The maximum atomic E-state index is 13.1. The lowest BCUT2D eigenvalue weighted by Gasteiger charge is -2.24. The summed E-state index contributed by atoms with van der Waals surface area (Å²) in [4.78, 5) is 28.6. The van der Waals surface area contributed by atoms with Crippen LogP contribution in [0.25, 0.3) is 11.3 Å². The maximum absolute atomic E-state index is 13.1. The van der Waals surface area contributed by atoms with Crippen LogP contribution in [-0.4, -0.2) is 53.5 Å². The molecule has 1 aromatic carbocycles. The smallest absolute Gasteiger partial charge is 0.276 e. The van der Waals surface area contributed by atoms with E-state index in [1.807, 2.05) is 34.6 Å². The van der Waals surface area contributed by atoms with Crippen LogP contribution in [0.15, 0.2) is 22.7 Å². The summed E-state index contributed by atoms with van der Waals surface area (Å²) in [6, 6.07) is 5.89. The van der Waals surface area contributed by atoms with E-state index in [1.165, 1.54) is 5.56 Å². The predicted molar refractivity (Wildman–Crippen MR) is 115 cm³/mol. The molecular weight excluding hydrogens is 366 g/mol. The molecule has 0 radical (unpaired) electrons. The van der Waals surface area contributed by atoms with Crippen LogP contribution in [0.5, 0.6) is 0 Å². The van der Waals surface area contributed by atoms with Crippen molar-refractivity contribution >= 4 is 11.8 Å². The first-order valence-corrected chi connectivity index (χ1v) is 10.2. The van der Waals surface area contributed by atoms with Crippen LogP contribution in [0, 0.1) is 26.7 Å². The number of nitrogens with zero attached hydrogens (tertiary/aromatic N) is 3. The first kappa shape index (κ1) is 22.7. The van der Waals surface area contributed by atoms with Crippen LogP contribution in [0.4, 0.5) is 0 Å². The van der Waals surface area contributed by atoms with E-state index in [9.17, 15) is 9.59 Å². The molecule has 6 heteroatoms. The highest BCUT2D eigenvalue weighted by Crippen LogP contribution is 2.29. The van der Waals surface area contributed by atoms with Crippen molar-refractivity contribution in [2.24, 2.45) is 5.92 Å². The Kier molecular flexibility index (Phi) is 7.59. The van der Waals surface area contributed by atoms with Crippen LogP contribution in [0.1, 0.15) is 54.4 Å². The highest BCUT2D eigenvalue weighted by Gasteiger charge is 2.23. The molecule has 2 rings (SSSR count). The molecule has 0 atom stereocenters. The molecule has 0 N–H and O–H groups in total. The minimum Gasteiger partial charge on any atom is -0.355 e. The molecule has 0 aliphatic rings. The Morgan fingerprint density at radius 3 is 2.28 bits per heavy atom. The first-order chi connectivity index (χ1) is 13.6. The van der Waals surface area contributed by atoms with Gasteiger partial charge in [-0.2, -0.15) is 0 Å². The van der Waals surface area contributed by atoms with Gasteiger partial charge in [-0.3, -0.25) is 9.59 Å². The number of amides is 2. The summed E-state index contributed by atoms with van der Waals surface area (Å²) in [6.07, 6.45) is 0.295. The van der Waals surface area contributed by atoms with Gasteiger partial charge in [0.25, 0.3) is 5.91 Å². The molecule has 2 aromatic rings. The topological polar surface area (TPSA) is 66.7 Å². The molecule has 0 unspecified atom stereocenters. The predicted octanol–water partition coefficient (Wildman–Crippen LogP) is 4.23. The van der Waals surface area contributed by atoms with Gasteiger partial charge in [0.15, 0.2) is 11.5 Å². The number of aromatic nitrogens is 1. The quantitative estimate of drug-likeness (QED) is 0.666. The van der Waals surface area contributed by atoms with Crippen molar-refractivity contribution in [3.05, 3.63) is 40.6 Å². The second kappa shape index (κ2) is 9.72. The van der Waals surface area contributed by atoms with Gasteiger partial charge in [0, 0.05) is 44.7 Å². The molecule has 0 saturated heterocycles. The summed E-state index contributed by atoms with van der Waals surface area (Å²) in [7, 11) is 1.77. The standard InChI is InChI=1S/C23H33N3O3/c1-8-25(7)21(27)9-10-26(14-15(2)3)23(28)19-13-20(29-24-19)22-17(5)11-16(4)12-18(22)6/h11-13,15H,8-10,14H2,1-7H3. The molecule has 1 aromatic heterocycles. The molecule has 0 aliphatic heterocycles. The summed E-state index contributed by atoms with van der Waals surface area (Å²) < 4.78 is 5.54. The number of rotatable bonds is 8. The number of hydrogen-bond acceptors (Lipinski definition) is 4. The Bertz CT molecular complexity index is 847. The molecule has 0 bridgehead atoms. The van der Waals surface area contributed by atoms with Gasteiger partial charge < -0.3 is 14.3 Å². The summed E-state index contributed by atoms with van der Waals surface area (Å²) in [5.41, 5.74) is 4.60. The minimum absolute atomic E-state index is 0.0285. The molecule has 158 valence electrons. The van der Waals surface area contributed by atoms with Crippen LogP contribution >= 0.6 is 0 Å². The van der Waals surface area contributed by atoms with Gasteiger partial charge in [0.1, 0.15) is 0 Å². The zero-order valence-corrected chi connectivity index (χ0v) is 18.7. The van der Waals surface area contributed by atoms with E-state index in [4.69, 9.17) is 4.52 Å². The van der Waals surface area contributed by atoms with E-state index in [1.54, 1.807) is 22.9 Å². The minimum atomic E-state index is -0.205. The van der Waals surface area contributed by atoms with Gasteiger partial charge in [-0.25, -0.2) is 0 Å². The largest absolute Gasteiger partial charge is 0.355 e. The van der Waals surface area contributed by atoms with Crippen molar-refractivity contribution < 1.29 is 14.1 Å². The highest BCUT2D eigenvalue weighted by molar-refractivity contribution is 5.93. The van der Waals surface area contributed by atoms with Crippen molar-refractivity contribution in [3.8, 4) is 11.3 Å². The Labute approximate surface area is 173 Å². The number of carbonyl (C=O) groups is 2. The number of benzene rings is 1. The average molecular weight is 400 g/mol. The summed E-state index contributed by atoms with van der Waals surface area (Å²) in [5, 5.41) is 4.04. The Morgan fingerprint density at radius 2 is 1.72 bits per heavy atom. The van der Waals surface area contributed by atoms with Crippen molar-refractivity contribution in [1.82, 2.24) is 15.0 Å². The monoisotopic (exact) mass is 399 g/mol. The third-order valence-electron chi connectivity index (χ3n) is 5.02. The number of hydrogen-bond donors (Lipinski definition) is 0. The van der Waals surface area contributed by atoms with Crippen molar-refractivity contribution in [2.45, 2.75) is 48.0 Å². The van der Waals surface area contributed by atoms with Gasteiger partial charge in [0.2, 0.25) is 5.91 Å². The maximum Gasteiger partial charge on any atom is 0.276 e. The summed E-state index contributed by atoms with van der Waals surface area (Å²) >= 11 is 0. The van der Waals surface area contributed by atoms with Crippen LogP contribution < -0.4 is 0 Å². The van der Waals surface area contributed by atoms with Crippen LogP contribution in [0.3, 0.4) is 0 Å². The lowest BCUT2D eigenvalue weighted by Crippen LogP contribution is -2.38. The fraction of sp³-hybridized carbons (Fsp3) is 0.522. The van der Waals surface area contributed by atoms with E-state index in [0.717, 1.165) is 16.7 Å². The summed E-state index contributed by atoms with van der Waals surface area (Å²) in [6.45, 7) is 13.7. The van der Waals surface area contributed by atoms with Crippen molar-refractivity contribution in [1.29, 1.82) is 0 Å². The zero-order chi connectivity index (χ0) is 21.7. The molecule has 0 aliphatic carbocycles. The molecule has 0 spiro atoms. The van der Waals surface area contributed by atoms with Crippen molar-refractivity contribution in [2.75, 3.05) is 26.7 Å². The highest BCUT2D eigenvalue weighted by atomic mass is 16.5. The Hall–Kier alpha value is -2.63. The van der Waals surface area contributed by atoms with Crippen molar-refractivity contribution in [3.63, 3.8) is 0 Å². The normalized spacial score (nSPS) is 11.0. The van der Waals surface area contributed by atoms with Gasteiger partial charge >= 0.3 is 0 Å². The van der Waals surface area contributed by atoms with Gasteiger partial charge in [0.05, 0.1) is 0 Å². The Morgan fingerprint density at radius 1 is 1.10 bits per heavy atom. The van der Waals surface area contributed by atoms with E-state index >= 15 is 0 Å². The molecule has 0 saturated carbocycles. The fourth-order valence-electron chi connectivity index (χ4n) is 3.54. The number of carbonyl (C=O) groups excluding carboxylic acids is 2. The second-order valence-electron chi connectivity index (χ2n) is 8.15. The molecule has 6 nitrogen and oxygen atoms in total. The van der Waals surface area contributed by atoms with Gasteiger partial charge in [-0.1, -0.05) is 36.7 Å². The van der Waals surface area contributed by atoms with Gasteiger partial charge in [-0.05, 0) is 44.7 Å². The van der Waals surface area contributed by atoms with E-state index in [-0.39, 0.29) is 23.4 Å². The van der Waals surface area contributed by atoms with E-state index < -0.39 is 0 Å². The lowest BCUT2D eigenvalue weighted by molar-refractivity contribution is -0.129. The molecule has 1 heterocycles. The van der Waals surface area contributed by atoms with Crippen LogP contribution in [-0.2, 0) is 4.79 Å². The first-order valence-electron chi connectivity index (χ1n) is 10.2. The Balaban J connectivity index is 2.23. The molecule has 2 amide bonds. The molecular formula is C23H33N3O3.